The zero-order chi connectivity index (χ0) is 13.7. The van der Waals surface area contributed by atoms with E-state index in [1.165, 1.54) is 0 Å². The van der Waals surface area contributed by atoms with Gasteiger partial charge in [0.25, 0.3) is 0 Å². The molecule has 2 heterocycles. The van der Waals surface area contributed by atoms with Crippen LogP contribution >= 0.6 is 11.8 Å². The highest BCUT2D eigenvalue weighted by Gasteiger charge is 2.31. The summed E-state index contributed by atoms with van der Waals surface area (Å²) in [5, 5.41) is 2.76. The maximum atomic E-state index is 12.3. The fourth-order valence-corrected chi connectivity index (χ4v) is 2.52. The topological polar surface area (TPSA) is 62.3 Å². The van der Waals surface area contributed by atoms with Crippen molar-refractivity contribution in [3.05, 3.63) is 30.1 Å². The third-order valence-electron chi connectivity index (χ3n) is 3.01. The Bertz CT molecular complexity index is 452. The zero-order valence-electron chi connectivity index (χ0n) is 10.8. The third kappa shape index (κ3) is 3.70. The van der Waals surface area contributed by atoms with Gasteiger partial charge in [-0.1, -0.05) is 0 Å². The first-order valence-electron chi connectivity index (χ1n) is 6.16. The van der Waals surface area contributed by atoms with E-state index in [-0.39, 0.29) is 24.4 Å². The lowest BCUT2D eigenvalue weighted by molar-refractivity contribution is -0.144. The van der Waals surface area contributed by atoms with Gasteiger partial charge in [0.1, 0.15) is 6.04 Å². The summed E-state index contributed by atoms with van der Waals surface area (Å²) in [7, 11) is 0. The highest BCUT2D eigenvalue weighted by atomic mass is 32.2. The number of carbonyl (C=O) groups excluding carboxylic acids is 2. The lowest BCUT2D eigenvalue weighted by atomic mass is 10.1. The molecule has 0 bridgehead atoms. The SMILES string of the molecule is CSCCC1NC(=O)CN(Cc2ccncc2)C1=O. The molecule has 1 aromatic heterocycles. The van der Waals surface area contributed by atoms with Gasteiger partial charge in [0.15, 0.2) is 0 Å². The van der Waals surface area contributed by atoms with Crippen LogP contribution < -0.4 is 5.32 Å². The standard InChI is InChI=1S/C13H17N3O2S/c1-19-7-4-11-13(18)16(9-12(17)15-11)8-10-2-5-14-6-3-10/h2-3,5-6,11H,4,7-9H2,1H3,(H,15,17). The maximum Gasteiger partial charge on any atom is 0.245 e. The number of hydrogen-bond acceptors (Lipinski definition) is 4. The van der Waals surface area contributed by atoms with Crippen LogP contribution in [0.3, 0.4) is 0 Å². The molecular formula is C13H17N3O2S. The largest absolute Gasteiger partial charge is 0.343 e. The van der Waals surface area contributed by atoms with Crippen LogP contribution in [-0.2, 0) is 16.1 Å². The maximum absolute atomic E-state index is 12.3. The summed E-state index contributed by atoms with van der Waals surface area (Å²) in [6.45, 7) is 0.599. The van der Waals surface area contributed by atoms with Gasteiger partial charge >= 0.3 is 0 Å². The molecule has 6 heteroatoms. The summed E-state index contributed by atoms with van der Waals surface area (Å²) in [4.78, 5) is 29.5. The number of amides is 2. The molecule has 1 saturated heterocycles. The molecule has 0 spiro atoms. The molecule has 19 heavy (non-hydrogen) atoms. The molecule has 1 unspecified atom stereocenters. The Morgan fingerprint density at radius 3 is 2.84 bits per heavy atom. The first-order valence-corrected chi connectivity index (χ1v) is 7.56. The van der Waals surface area contributed by atoms with Crippen LogP contribution in [0.5, 0.6) is 0 Å². The first-order chi connectivity index (χ1) is 9.20. The third-order valence-corrected chi connectivity index (χ3v) is 3.66. The number of nitrogens with one attached hydrogen (secondary N) is 1. The van der Waals surface area contributed by atoms with Gasteiger partial charge in [-0.05, 0) is 36.1 Å². The molecule has 1 aliphatic rings. The van der Waals surface area contributed by atoms with Crippen LogP contribution in [0, 0.1) is 0 Å². The molecule has 0 aliphatic carbocycles. The van der Waals surface area contributed by atoms with Gasteiger partial charge in [-0.3, -0.25) is 14.6 Å². The Labute approximate surface area is 116 Å². The molecular weight excluding hydrogens is 262 g/mol. The zero-order valence-corrected chi connectivity index (χ0v) is 11.7. The van der Waals surface area contributed by atoms with E-state index in [1.807, 2.05) is 18.4 Å². The van der Waals surface area contributed by atoms with E-state index in [2.05, 4.69) is 10.3 Å². The van der Waals surface area contributed by atoms with Crippen LogP contribution in [0.15, 0.2) is 24.5 Å². The molecule has 1 aromatic rings. The van der Waals surface area contributed by atoms with Gasteiger partial charge in [-0.25, -0.2) is 0 Å². The highest BCUT2D eigenvalue weighted by Crippen LogP contribution is 2.12. The van der Waals surface area contributed by atoms with E-state index in [0.717, 1.165) is 11.3 Å². The number of piperazine rings is 1. The Morgan fingerprint density at radius 2 is 2.16 bits per heavy atom. The average Bonchev–Trinajstić information content (AvgIpc) is 2.42. The van der Waals surface area contributed by atoms with Crippen molar-refractivity contribution in [2.45, 2.75) is 19.0 Å². The van der Waals surface area contributed by atoms with Crippen molar-refractivity contribution in [3.63, 3.8) is 0 Å². The number of rotatable bonds is 5. The second-order valence-electron chi connectivity index (χ2n) is 4.45. The highest BCUT2D eigenvalue weighted by molar-refractivity contribution is 7.98. The van der Waals surface area contributed by atoms with Gasteiger partial charge in [-0.15, -0.1) is 0 Å². The normalized spacial score (nSPS) is 19.4. The summed E-state index contributed by atoms with van der Waals surface area (Å²) in [6.07, 6.45) is 6.05. The fraction of sp³-hybridized carbons (Fsp3) is 0.462. The number of aromatic nitrogens is 1. The monoisotopic (exact) mass is 279 g/mol. The minimum Gasteiger partial charge on any atom is -0.343 e. The molecule has 0 aromatic carbocycles. The summed E-state index contributed by atoms with van der Waals surface area (Å²) in [5.41, 5.74) is 0.988. The van der Waals surface area contributed by atoms with Crippen LogP contribution in [-0.4, -0.2) is 46.3 Å². The van der Waals surface area contributed by atoms with Gasteiger partial charge in [-0.2, -0.15) is 11.8 Å². The summed E-state index contributed by atoms with van der Waals surface area (Å²) in [5.74, 6) is 0.782. The Balaban J connectivity index is 2.03. The van der Waals surface area contributed by atoms with Gasteiger partial charge in [0, 0.05) is 18.9 Å². The van der Waals surface area contributed by atoms with Crippen LogP contribution in [0.25, 0.3) is 0 Å². The number of hydrogen-bond donors (Lipinski definition) is 1. The molecule has 102 valence electrons. The Kier molecular flexibility index (Phi) is 4.79. The molecule has 0 saturated carbocycles. The Hall–Kier alpha value is -1.56. The van der Waals surface area contributed by atoms with Crippen molar-refractivity contribution in [2.75, 3.05) is 18.6 Å². The number of carbonyl (C=O) groups is 2. The summed E-state index contributed by atoms with van der Waals surface area (Å²) in [6, 6.07) is 3.34. The average molecular weight is 279 g/mol. The van der Waals surface area contributed by atoms with Crippen LogP contribution in [0.1, 0.15) is 12.0 Å². The predicted octanol–water partition coefficient (Wildman–Crippen LogP) is 0.662. The molecule has 1 N–H and O–H groups in total. The van der Waals surface area contributed by atoms with Crippen LogP contribution in [0.2, 0.25) is 0 Å². The van der Waals surface area contributed by atoms with Gasteiger partial charge in [0.2, 0.25) is 11.8 Å². The van der Waals surface area contributed by atoms with Crippen molar-refractivity contribution in [1.82, 2.24) is 15.2 Å². The van der Waals surface area contributed by atoms with Crippen molar-refractivity contribution >= 4 is 23.6 Å². The van der Waals surface area contributed by atoms with E-state index >= 15 is 0 Å². The van der Waals surface area contributed by atoms with Crippen molar-refractivity contribution in [3.8, 4) is 0 Å². The molecule has 0 radical (unpaired) electrons. The second kappa shape index (κ2) is 6.56. The second-order valence-corrected chi connectivity index (χ2v) is 5.44. The molecule has 5 nitrogen and oxygen atoms in total. The van der Waals surface area contributed by atoms with Crippen molar-refractivity contribution in [1.29, 1.82) is 0 Å². The van der Waals surface area contributed by atoms with E-state index in [1.54, 1.807) is 29.1 Å². The lowest BCUT2D eigenvalue weighted by Crippen LogP contribution is -2.57. The van der Waals surface area contributed by atoms with E-state index in [9.17, 15) is 9.59 Å². The minimum atomic E-state index is -0.379. The number of nitrogens with zero attached hydrogens (tertiary/aromatic N) is 2. The van der Waals surface area contributed by atoms with E-state index in [4.69, 9.17) is 0 Å². The first kappa shape index (κ1) is 13.9. The van der Waals surface area contributed by atoms with Crippen molar-refractivity contribution < 1.29 is 9.59 Å². The Morgan fingerprint density at radius 1 is 1.42 bits per heavy atom. The minimum absolute atomic E-state index is 0.00506. The quantitative estimate of drug-likeness (QED) is 0.860. The predicted molar refractivity (Wildman–Crippen MR) is 74.6 cm³/mol. The smallest absolute Gasteiger partial charge is 0.245 e. The van der Waals surface area contributed by atoms with E-state index < -0.39 is 0 Å². The summed E-state index contributed by atoms with van der Waals surface area (Å²) >= 11 is 1.67. The van der Waals surface area contributed by atoms with E-state index in [0.29, 0.717) is 13.0 Å². The number of thioether (sulfide) groups is 1. The van der Waals surface area contributed by atoms with Gasteiger partial charge < -0.3 is 10.2 Å². The van der Waals surface area contributed by atoms with Crippen molar-refractivity contribution in [2.24, 2.45) is 0 Å². The fourth-order valence-electron chi connectivity index (χ4n) is 2.05. The number of pyridine rings is 1. The lowest BCUT2D eigenvalue weighted by Gasteiger charge is -2.32. The molecule has 1 atom stereocenters. The van der Waals surface area contributed by atoms with Gasteiger partial charge in [0.05, 0.1) is 6.54 Å². The molecule has 2 amide bonds. The summed E-state index contributed by atoms with van der Waals surface area (Å²) < 4.78 is 0. The molecule has 1 fully saturated rings. The molecule has 2 rings (SSSR count). The van der Waals surface area contributed by atoms with Crippen LogP contribution in [0.4, 0.5) is 0 Å². The molecule has 1 aliphatic heterocycles.